The van der Waals surface area contributed by atoms with Crippen LogP contribution in [0.5, 0.6) is 5.75 Å². The van der Waals surface area contributed by atoms with Crippen LogP contribution in [0.4, 0.5) is 13.2 Å². The van der Waals surface area contributed by atoms with Gasteiger partial charge in [0.15, 0.2) is 0 Å². The molecule has 9 heteroatoms. The summed E-state index contributed by atoms with van der Waals surface area (Å²) < 4.78 is 40.1. The lowest BCUT2D eigenvalue weighted by Crippen LogP contribution is -2.47. The second-order valence-electron chi connectivity index (χ2n) is 5.60. The number of carbonyl (C=O) groups is 2. The van der Waals surface area contributed by atoms with Gasteiger partial charge in [0.2, 0.25) is 5.91 Å². The first-order chi connectivity index (χ1) is 11.6. The van der Waals surface area contributed by atoms with E-state index in [-0.39, 0.29) is 18.0 Å². The number of benzene rings is 1. The van der Waals surface area contributed by atoms with Crippen molar-refractivity contribution in [3.8, 4) is 11.8 Å². The van der Waals surface area contributed by atoms with Crippen LogP contribution in [-0.2, 0) is 4.79 Å². The van der Waals surface area contributed by atoms with E-state index < -0.39 is 30.0 Å². The molecule has 1 rings (SSSR count). The van der Waals surface area contributed by atoms with Crippen molar-refractivity contribution >= 4 is 11.8 Å². The standard InChI is InChI=1S/C16H18F3N3O3/c1-10(2)9-13(15(24)21-8-7-20)22-14(23)11-3-5-12(6-4-11)25-16(17,18)19/h3-6,10,13H,8-9H2,1-2H3,(H,21,24)(H,22,23)/t13-/m0/s1. The molecule has 0 aliphatic rings. The van der Waals surface area contributed by atoms with Gasteiger partial charge in [-0.15, -0.1) is 13.2 Å². The topological polar surface area (TPSA) is 91.2 Å². The van der Waals surface area contributed by atoms with Crippen molar-refractivity contribution in [1.82, 2.24) is 10.6 Å². The molecule has 0 heterocycles. The van der Waals surface area contributed by atoms with Crippen LogP contribution in [0.25, 0.3) is 0 Å². The van der Waals surface area contributed by atoms with E-state index in [1.807, 2.05) is 13.8 Å². The summed E-state index contributed by atoms with van der Waals surface area (Å²) in [6, 6.07) is 5.26. The van der Waals surface area contributed by atoms with E-state index >= 15 is 0 Å². The molecule has 1 atom stereocenters. The Morgan fingerprint density at radius 3 is 2.32 bits per heavy atom. The Morgan fingerprint density at radius 1 is 1.24 bits per heavy atom. The van der Waals surface area contributed by atoms with Crippen molar-refractivity contribution in [2.75, 3.05) is 6.54 Å². The maximum atomic E-state index is 12.2. The highest BCUT2D eigenvalue weighted by Crippen LogP contribution is 2.22. The zero-order chi connectivity index (χ0) is 19.0. The zero-order valence-corrected chi connectivity index (χ0v) is 13.7. The molecular weight excluding hydrogens is 339 g/mol. The smallest absolute Gasteiger partial charge is 0.406 e. The maximum Gasteiger partial charge on any atom is 0.573 e. The molecule has 136 valence electrons. The largest absolute Gasteiger partial charge is 0.573 e. The highest BCUT2D eigenvalue weighted by atomic mass is 19.4. The van der Waals surface area contributed by atoms with Crippen LogP contribution in [-0.4, -0.2) is 30.8 Å². The molecule has 0 saturated heterocycles. The van der Waals surface area contributed by atoms with E-state index in [4.69, 9.17) is 5.26 Å². The quantitative estimate of drug-likeness (QED) is 0.733. The molecule has 0 radical (unpaired) electrons. The average molecular weight is 357 g/mol. The number of nitriles is 1. The van der Waals surface area contributed by atoms with Gasteiger partial charge in [0.1, 0.15) is 18.3 Å². The summed E-state index contributed by atoms with van der Waals surface area (Å²) in [6.07, 6.45) is -4.47. The minimum Gasteiger partial charge on any atom is -0.406 e. The van der Waals surface area contributed by atoms with Crippen LogP contribution in [0.15, 0.2) is 24.3 Å². The van der Waals surface area contributed by atoms with Gasteiger partial charge in [-0.3, -0.25) is 9.59 Å². The first kappa shape index (κ1) is 20.3. The molecule has 1 aromatic carbocycles. The Labute approximate surface area is 143 Å². The van der Waals surface area contributed by atoms with Crippen molar-refractivity contribution in [2.45, 2.75) is 32.7 Å². The van der Waals surface area contributed by atoms with E-state index in [2.05, 4.69) is 15.4 Å². The van der Waals surface area contributed by atoms with Crippen LogP contribution in [0.2, 0.25) is 0 Å². The summed E-state index contributed by atoms with van der Waals surface area (Å²) in [6.45, 7) is 3.53. The molecule has 0 fully saturated rings. The van der Waals surface area contributed by atoms with Crippen molar-refractivity contribution < 1.29 is 27.5 Å². The molecule has 1 aromatic rings. The molecule has 0 spiro atoms. The SMILES string of the molecule is CC(C)C[C@H](NC(=O)c1ccc(OC(F)(F)F)cc1)C(=O)NCC#N. The monoisotopic (exact) mass is 357 g/mol. The summed E-state index contributed by atoms with van der Waals surface area (Å²) in [5.41, 5.74) is 0.0800. The Morgan fingerprint density at radius 2 is 1.84 bits per heavy atom. The lowest BCUT2D eigenvalue weighted by Gasteiger charge is -2.19. The maximum absolute atomic E-state index is 12.2. The number of ether oxygens (including phenoxy) is 1. The number of amides is 2. The van der Waals surface area contributed by atoms with E-state index in [1.54, 1.807) is 6.07 Å². The van der Waals surface area contributed by atoms with Gasteiger partial charge in [0, 0.05) is 5.56 Å². The van der Waals surface area contributed by atoms with E-state index in [0.29, 0.717) is 6.42 Å². The summed E-state index contributed by atoms with van der Waals surface area (Å²) in [5.74, 6) is -1.47. The third-order valence-corrected chi connectivity index (χ3v) is 3.02. The summed E-state index contributed by atoms with van der Waals surface area (Å²) in [5, 5.41) is 13.4. The van der Waals surface area contributed by atoms with Gasteiger partial charge in [-0.25, -0.2) is 0 Å². The van der Waals surface area contributed by atoms with Crippen molar-refractivity contribution in [1.29, 1.82) is 5.26 Å². The first-order valence-electron chi connectivity index (χ1n) is 7.43. The minimum atomic E-state index is -4.81. The van der Waals surface area contributed by atoms with Gasteiger partial charge in [0.25, 0.3) is 5.91 Å². The van der Waals surface area contributed by atoms with Crippen LogP contribution >= 0.6 is 0 Å². The molecule has 0 aliphatic carbocycles. The number of hydrogen-bond donors (Lipinski definition) is 2. The minimum absolute atomic E-state index is 0.0800. The normalized spacial score (nSPS) is 12.2. The lowest BCUT2D eigenvalue weighted by molar-refractivity contribution is -0.274. The molecule has 2 amide bonds. The number of carbonyl (C=O) groups excluding carboxylic acids is 2. The highest BCUT2D eigenvalue weighted by molar-refractivity contribution is 5.97. The van der Waals surface area contributed by atoms with E-state index in [0.717, 1.165) is 24.3 Å². The Kier molecular flexibility index (Phi) is 7.23. The lowest BCUT2D eigenvalue weighted by atomic mass is 10.0. The van der Waals surface area contributed by atoms with Gasteiger partial charge in [-0.2, -0.15) is 5.26 Å². The number of nitrogens with one attached hydrogen (secondary N) is 2. The van der Waals surface area contributed by atoms with E-state index in [1.165, 1.54) is 0 Å². The second kappa shape index (κ2) is 8.92. The number of rotatable bonds is 7. The molecule has 0 aromatic heterocycles. The fraction of sp³-hybridized carbons (Fsp3) is 0.438. The fourth-order valence-electron chi connectivity index (χ4n) is 2.00. The van der Waals surface area contributed by atoms with Crippen molar-refractivity contribution in [3.63, 3.8) is 0 Å². The van der Waals surface area contributed by atoms with Crippen LogP contribution < -0.4 is 15.4 Å². The van der Waals surface area contributed by atoms with Gasteiger partial charge in [0.05, 0.1) is 6.07 Å². The molecule has 6 nitrogen and oxygen atoms in total. The third-order valence-electron chi connectivity index (χ3n) is 3.02. The van der Waals surface area contributed by atoms with E-state index in [9.17, 15) is 22.8 Å². The predicted octanol–water partition coefficient (Wildman–Crippen LogP) is 2.37. The van der Waals surface area contributed by atoms with Crippen LogP contribution in [0.3, 0.4) is 0 Å². The second-order valence-corrected chi connectivity index (χ2v) is 5.60. The predicted molar refractivity (Wildman–Crippen MR) is 82.5 cm³/mol. The molecule has 25 heavy (non-hydrogen) atoms. The van der Waals surface area contributed by atoms with Gasteiger partial charge in [-0.05, 0) is 36.6 Å². The number of halogens is 3. The third kappa shape index (κ3) is 7.56. The van der Waals surface area contributed by atoms with Gasteiger partial charge in [-0.1, -0.05) is 13.8 Å². The average Bonchev–Trinajstić information content (AvgIpc) is 2.50. The summed E-state index contributed by atoms with van der Waals surface area (Å²) >= 11 is 0. The molecule has 0 aliphatic heterocycles. The highest BCUT2D eigenvalue weighted by Gasteiger charge is 2.31. The Bertz CT molecular complexity index is 637. The number of alkyl halides is 3. The molecule has 0 unspecified atom stereocenters. The first-order valence-corrected chi connectivity index (χ1v) is 7.43. The van der Waals surface area contributed by atoms with Gasteiger partial charge < -0.3 is 15.4 Å². The molecule has 2 N–H and O–H groups in total. The van der Waals surface area contributed by atoms with Crippen molar-refractivity contribution in [2.24, 2.45) is 5.92 Å². The Hall–Kier alpha value is -2.76. The van der Waals surface area contributed by atoms with Crippen molar-refractivity contribution in [3.05, 3.63) is 29.8 Å². The molecule has 0 saturated carbocycles. The zero-order valence-electron chi connectivity index (χ0n) is 13.7. The number of hydrogen-bond acceptors (Lipinski definition) is 4. The fourth-order valence-corrected chi connectivity index (χ4v) is 2.00. The summed E-state index contributed by atoms with van der Waals surface area (Å²) in [4.78, 5) is 24.2. The number of nitrogens with zero attached hydrogens (tertiary/aromatic N) is 1. The van der Waals surface area contributed by atoms with Crippen LogP contribution in [0, 0.1) is 17.2 Å². The molecule has 0 bridgehead atoms. The van der Waals surface area contributed by atoms with Crippen LogP contribution in [0.1, 0.15) is 30.6 Å². The Balaban J connectivity index is 2.79. The summed E-state index contributed by atoms with van der Waals surface area (Å²) in [7, 11) is 0. The van der Waals surface area contributed by atoms with Gasteiger partial charge >= 0.3 is 6.36 Å². The molecular formula is C16H18F3N3O3.